The van der Waals surface area contributed by atoms with Crippen molar-refractivity contribution in [3.8, 4) is 5.75 Å². The third kappa shape index (κ3) is 6.72. The van der Waals surface area contributed by atoms with Crippen LogP contribution in [-0.4, -0.2) is 81.8 Å². The summed E-state index contributed by atoms with van der Waals surface area (Å²) in [7, 11) is 5.83. The standard InChI is InChI=1S/C23H39N5O.HI/c1-24-22(25-14-11-20-9-5-6-10-21(20)29-3)26-19-23(12-17-27(2)18-13-23)28-15-7-4-8-16-28;/h5-6,9-10H,4,7-8,11-19H2,1-3H3,(H2,24,25,26);1H. The summed E-state index contributed by atoms with van der Waals surface area (Å²) in [5, 5.41) is 7.15. The van der Waals surface area contributed by atoms with Crippen LogP contribution in [0.3, 0.4) is 0 Å². The van der Waals surface area contributed by atoms with Gasteiger partial charge in [-0.3, -0.25) is 9.89 Å². The number of nitrogens with one attached hydrogen (secondary N) is 2. The van der Waals surface area contributed by atoms with Crippen molar-refractivity contribution in [2.75, 3.05) is 60.5 Å². The summed E-state index contributed by atoms with van der Waals surface area (Å²) < 4.78 is 5.46. The lowest BCUT2D eigenvalue weighted by Gasteiger charge is -2.50. The molecule has 0 amide bonds. The predicted molar refractivity (Wildman–Crippen MR) is 136 cm³/mol. The highest BCUT2D eigenvalue weighted by Crippen LogP contribution is 2.30. The Kier molecular flexibility index (Phi) is 10.7. The fourth-order valence-electron chi connectivity index (χ4n) is 4.70. The van der Waals surface area contributed by atoms with E-state index in [1.807, 2.05) is 19.2 Å². The van der Waals surface area contributed by atoms with E-state index in [-0.39, 0.29) is 29.5 Å². The van der Waals surface area contributed by atoms with Crippen molar-refractivity contribution in [2.24, 2.45) is 4.99 Å². The van der Waals surface area contributed by atoms with Crippen LogP contribution < -0.4 is 15.4 Å². The van der Waals surface area contributed by atoms with Gasteiger partial charge in [0.1, 0.15) is 5.75 Å². The lowest BCUT2D eigenvalue weighted by molar-refractivity contribution is 0.0173. The number of methoxy groups -OCH3 is 1. The number of hydrogen-bond donors (Lipinski definition) is 2. The normalized spacial score (nSPS) is 20.3. The average Bonchev–Trinajstić information content (AvgIpc) is 2.78. The number of guanidine groups is 1. The van der Waals surface area contributed by atoms with Gasteiger partial charge in [0.25, 0.3) is 0 Å². The van der Waals surface area contributed by atoms with Gasteiger partial charge in [0.05, 0.1) is 7.11 Å². The van der Waals surface area contributed by atoms with Crippen LogP contribution >= 0.6 is 24.0 Å². The van der Waals surface area contributed by atoms with Gasteiger partial charge < -0.3 is 20.3 Å². The Labute approximate surface area is 199 Å². The lowest BCUT2D eigenvalue weighted by atomic mass is 9.84. The molecule has 0 saturated carbocycles. The Bertz CT molecular complexity index is 655. The number of halogens is 1. The van der Waals surface area contributed by atoms with Gasteiger partial charge in [-0.25, -0.2) is 0 Å². The smallest absolute Gasteiger partial charge is 0.191 e. The van der Waals surface area contributed by atoms with E-state index in [9.17, 15) is 0 Å². The second-order valence-corrected chi connectivity index (χ2v) is 8.49. The second-order valence-electron chi connectivity index (χ2n) is 8.49. The minimum atomic E-state index is 0. The van der Waals surface area contributed by atoms with E-state index in [1.54, 1.807) is 7.11 Å². The maximum Gasteiger partial charge on any atom is 0.191 e. The summed E-state index contributed by atoms with van der Waals surface area (Å²) in [6.45, 7) is 6.64. The molecule has 0 radical (unpaired) electrons. The first-order valence-electron chi connectivity index (χ1n) is 11.2. The molecule has 0 atom stereocenters. The molecule has 2 saturated heterocycles. The van der Waals surface area contributed by atoms with Crippen LogP contribution in [0, 0.1) is 0 Å². The van der Waals surface area contributed by atoms with Crippen molar-refractivity contribution in [1.82, 2.24) is 20.4 Å². The Balaban J connectivity index is 0.00000320. The fraction of sp³-hybridized carbons (Fsp3) is 0.696. The molecule has 2 N–H and O–H groups in total. The predicted octanol–water partition coefficient (Wildman–Crippen LogP) is 2.97. The molecular formula is C23H40IN5O. The number of likely N-dealkylation sites (tertiary alicyclic amines) is 2. The summed E-state index contributed by atoms with van der Waals surface area (Å²) in [6, 6.07) is 8.22. The first-order chi connectivity index (χ1) is 14.2. The molecule has 6 nitrogen and oxygen atoms in total. The molecule has 2 aliphatic rings. The SMILES string of the molecule is CN=C(NCCc1ccccc1OC)NCC1(N2CCCCC2)CCN(C)CC1.I. The molecule has 30 heavy (non-hydrogen) atoms. The first kappa shape index (κ1) is 25.2. The molecule has 0 aromatic heterocycles. The van der Waals surface area contributed by atoms with Gasteiger partial charge in [-0.05, 0) is 77.0 Å². The van der Waals surface area contributed by atoms with Gasteiger partial charge in [0.2, 0.25) is 0 Å². The van der Waals surface area contributed by atoms with E-state index in [0.29, 0.717) is 0 Å². The molecule has 7 heteroatoms. The number of ether oxygens (including phenoxy) is 1. The number of aliphatic imine (C=N–C) groups is 1. The molecule has 170 valence electrons. The van der Waals surface area contributed by atoms with Crippen LogP contribution in [0.5, 0.6) is 5.75 Å². The highest BCUT2D eigenvalue weighted by Gasteiger charge is 2.39. The summed E-state index contributed by atoms with van der Waals surface area (Å²) in [5.74, 6) is 1.85. The fourth-order valence-corrected chi connectivity index (χ4v) is 4.70. The number of nitrogens with zero attached hydrogens (tertiary/aromatic N) is 3. The van der Waals surface area contributed by atoms with Gasteiger partial charge >= 0.3 is 0 Å². The van der Waals surface area contributed by atoms with Crippen LogP contribution in [0.15, 0.2) is 29.3 Å². The maximum atomic E-state index is 5.46. The number of para-hydroxylation sites is 1. The molecule has 1 aromatic carbocycles. The van der Waals surface area contributed by atoms with Crippen LogP contribution in [0.2, 0.25) is 0 Å². The Morgan fingerprint density at radius 3 is 2.43 bits per heavy atom. The summed E-state index contributed by atoms with van der Waals surface area (Å²) in [4.78, 5) is 9.69. The molecule has 2 aliphatic heterocycles. The average molecular weight is 530 g/mol. The molecule has 3 rings (SSSR count). The molecule has 2 heterocycles. The Morgan fingerprint density at radius 2 is 1.77 bits per heavy atom. The summed E-state index contributed by atoms with van der Waals surface area (Å²) in [5.41, 5.74) is 1.48. The number of piperidine rings is 2. The van der Waals surface area contributed by atoms with E-state index >= 15 is 0 Å². The van der Waals surface area contributed by atoms with Crippen molar-refractivity contribution < 1.29 is 4.74 Å². The highest BCUT2D eigenvalue weighted by atomic mass is 127. The van der Waals surface area contributed by atoms with Crippen molar-refractivity contribution >= 4 is 29.9 Å². The van der Waals surface area contributed by atoms with E-state index in [2.05, 4.69) is 44.6 Å². The molecule has 1 aromatic rings. The minimum Gasteiger partial charge on any atom is -0.496 e. The van der Waals surface area contributed by atoms with Crippen molar-refractivity contribution in [2.45, 2.75) is 44.1 Å². The second kappa shape index (κ2) is 12.7. The third-order valence-corrected chi connectivity index (χ3v) is 6.63. The molecule has 0 aliphatic carbocycles. The molecule has 0 unspecified atom stereocenters. The summed E-state index contributed by atoms with van der Waals surface area (Å²) >= 11 is 0. The van der Waals surface area contributed by atoms with Crippen molar-refractivity contribution in [1.29, 1.82) is 0 Å². The van der Waals surface area contributed by atoms with Crippen molar-refractivity contribution in [3.05, 3.63) is 29.8 Å². The Hall–Kier alpha value is -1.06. The van der Waals surface area contributed by atoms with E-state index < -0.39 is 0 Å². The Morgan fingerprint density at radius 1 is 1.07 bits per heavy atom. The maximum absolute atomic E-state index is 5.46. The van der Waals surface area contributed by atoms with E-state index in [0.717, 1.165) is 31.2 Å². The van der Waals surface area contributed by atoms with E-state index in [4.69, 9.17) is 4.74 Å². The van der Waals surface area contributed by atoms with Gasteiger partial charge in [-0.1, -0.05) is 24.6 Å². The molecule has 0 bridgehead atoms. The zero-order valence-electron chi connectivity index (χ0n) is 19.0. The zero-order valence-corrected chi connectivity index (χ0v) is 21.3. The van der Waals surface area contributed by atoms with Gasteiger partial charge in [-0.15, -0.1) is 24.0 Å². The molecule has 2 fully saturated rings. The number of hydrogen-bond acceptors (Lipinski definition) is 4. The zero-order chi connectivity index (χ0) is 20.5. The third-order valence-electron chi connectivity index (χ3n) is 6.63. The largest absolute Gasteiger partial charge is 0.496 e. The van der Waals surface area contributed by atoms with Crippen molar-refractivity contribution in [3.63, 3.8) is 0 Å². The van der Waals surface area contributed by atoms with Gasteiger partial charge in [-0.2, -0.15) is 0 Å². The monoisotopic (exact) mass is 529 g/mol. The topological polar surface area (TPSA) is 52.1 Å². The minimum absolute atomic E-state index is 0. The highest BCUT2D eigenvalue weighted by molar-refractivity contribution is 14.0. The lowest BCUT2D eigenvalue weighted by Crippen LogP contribution is -2.62. The summed E-state index contributed by atoms with van der Waals surface area (Å²) in [6.07, 6.45) is 7.43. The van der Waals surface area contributed by atoms with Crippen LogP contribution in [-0.2, 0) is 6.42 Å². The van der Waals surface area contributed by atoms with Crippen LogP contribution in [0.25, 0.3) is 0 Å². The number of rotatable bonds is 7. The van der Waals surface area contributed by atoms with E-state index in [1.165, 1.54) is 63.8 Å². The van der Waals surface area contributed by atoms with Gasteiger partial charge in [0.15, 0.2) is 5.96 Å². The number of benzene rings is 1. The molecular weight excluding hydrogens is 489 g/mol. The quantitative estimate of drug-likeness (QED) is 0.323. The van der Waals surface area contributed by atoms with Crippen LogP contribution in [0.1, 0.15) is 37.7 Å². The van der Waals surface area contributed by atoms with Crippen LogP contribution in [0.4, 0.5) is 0 Å². The van der Waals surface area contributed by atoms with Gasteiger partial charge in [0, 0.05) is 25.7 Å². The first-order valence-corrected chi connectivity index (χ1v) is 11.2. The molecule has 0 spiro atoms.